The standard InChI is InChI=1S/C24H19N11O.C3H7N/c1-14-11-35(13-28-14)23-20-22(26-12-27-23)32-21(31-20)16-2-4-17(5-3-16)29-24(36)30-19-10-18(33-34-19)15-6-8-25-9-7-15;1-3-4-2/h2-13H,1H3,(H,26,27,31,32)(H3,29,30,33,34,36);2-3H2,1H3. The van der Waals surface area contributed by atoms with Crippen LogP contribution < -0.4 is 10.6 Å². The van der Waals surface area contributed by atoms with Crippen LogP contribution in [-0.2, 0) is 0 Å². The predicted molar refractivity (Wildman–Crippen MR) is 154 cm³/mol. The van der Waals surface area contributed by atoms with Crippen molar-refractivity contribution in [2.75, 3.05) is 17.2 Å². The summed E-state index contributed by atoms with van der Waals surface area (Å²) in [6, 6.07) is 12.4. The number of carbonyl (C=O) groups excluding carboxylic acids is 1. The quantitative estimate of drug-likeness (QED) is 0.226. The summed E-state index contributed by atoms with van der Waals surface area (Å²) in [5.41, 5.74) is 5.29. The third-order valence-corrected chi connectivity index (χ3v) is 5.68. The molecule has 13 nitrogen and oxygen atoms in total. The zero-order valence-electron chi connectivity index (χ0n) is 21.8. The summed E-state index contributed by atoms with van der Waals surface area (Å²) in [6.45, 7) is 7.93. The molecule has 0 atom stereocenters. The third kappa shape index (κ3) is 5.88. The lowest BCUT2D eigenvalue weighted by Gasteiger charge is -2.06. The van der Waals surface area contributed by atoms with E-state index in [0.29, 0.717) is 34.3 Å². The molecule has 5 heterocycles. The minimum atomic E-state index is -0.408. The van der Waals surface area contributed by atoms with Gasteiger partial charge in [0.2, 0.25) is 0 Å². The first-order valence-electron chi connectivity index (χ1n) is 12.3. The van der Waals surface area contributed by atoms with Gasteiger partial charge in [-0.15, -0.1) is 0 Å². The van der Waals surface area contributed by atoms with E-state index in [1.807, 2.05) is 48.9 Å². The Morgan fingerprint density at radius 1 is 1.05 bits per heavy atom. The SMILES string of the molecule is C=NCC.Cc1cn(-c2ncnc3nc(-c4ccc(NC(=O)Nc5cc(-c6ccncc6)[nH]n5)cc4)[nH]c23)cn1. The van der Waals surface area contributed by atoms with Crippen molar-refractivity contribution in [1.82, 2.24) is 44.7 Å². The normalized spacial score (nSPS) is 10.6. The molecule has 5 aromatic heterocycles. The molecule has 0 spiro atoms. The third-order valence-electron chi connectivity index (χ3n) is 5.68. The lowest BCUT2D eigenvalue weighted by Crippen LogP contribution is -2.19. The summed E-state index contributed by atoms with van der Waals surface area (Å²) in [5.74, 6) is 1.71. The number of amides is 2. The lowest BCUT2D eigenvalue weighted by molar-refractivity contribution is 0.262. The van der Waals surface area contributed by atoms with Gasteiger partial charge < -0.3 is 15.3 Å². The van der Waals surface area contributed by atoms with Gasteiger partial charge in [-0.3, -0.25) is 20.0 Å². The lowest BCUT2D eigenvalue weighted by atomic mass is 10.2. The maximum atomic E-state index is 12.4. The number of urea groups is 1. The van der Waals surface area contributed by atoms with Crippen LogP contribution in [0.1, 0.15) is 12.6 Å². The minimum Gasteiger partial charge on any atom is -0.334 e. The number of pyridine rings is 1. The molecule has 40 heavy (non-hydrogen) atoms. The molecule has 0 saturated heterocycles. The maximum absolute atomic E-state index is 12.4. The van der Waals surface area contributed by atoms with Crippen molar-refractivity contribution in [2.24, 2.45) is 4.99 Å². The molecule has 0 bridgehead atoms. The van der Waals surface area contributed by atoms with Crippen LogP contribution in [-0.4, -0.2) is 64.0 Å². The van der Waals surface area contributed by atoms with E-state index < -0.39 is 6.03 Å². The molecule has 0 saturated carbocycles. The Kier molecular flexibility index (Phi) is 7.62. The number of aromatic amines is 2. The fraction of sp³-hybridized carbons (Fsp3) is 0.111. The number of benzene rings is 1. The molecule has 0 unspecified atom stereocenters. The first kappa shape index (κ1) is 25.9. The molecule has 13 heteroatoms. The number of rotatable bonds is 6. The Bertz CT molecular complexity index is 1730. The molecule has 0 aliphatic carbocycles. The molecule has 0 aliphatic rings. The molecular formula is C27H26N12O. The fourth-order valence-corrected chi connectivity index (χ4v) is 3.74. The molecule has 0 radical (unpaired) electrons. The molecule has 200 valence electrons. The van der Waals surface area contributed by atoms with Gasteiger partial charge in [-0.2, -0.15) is 5.10 Å². The summed E-state index contributed by atoms with van der Waals surface area (Å²) in [7, 11) is 0. The summed E-state index contributed by atoms with van der Waals surface area (Å²) in [4.78, 5) is 40.7. The average Bonchev–Trinajstić information content (AvgIpc) is 3.74. The van der Waals surface area contributed by atoms with Gasteiger partial charge in [0.25, 0.3) is 0 Å². The second kappa shape index (κ2) is 11.8. The number of carbonyl (C=O) groups is 1. The van der Waals surface area contributed by atoms with Crippen LogP contribution in [0.3, 0.4) is 0 Å². The van der Waals surface area contributed by atoms with Crippen molar-refractivity contribution in [2.45, 2.75) is 13.8 Å². The Balaban J connectivity index is 0.000000758. The van der Waals surface area contributed by atoms with Crippen LogP contribution in [0.2, 0.25) is 0 Å². The van der Waals surface area contributed by atoms with Gasteiger partial charge in [0.1, 0.15) is 24.0 Å². The molecule has 2 amide bonds. The van der Waals surface area contributed by atoms with Crippen molar-refractivity contribution in [3.8, 4) is 28.5 Å². The van der Waals surface area contributed by atoms with E-state index in [0.717, 1.165) is 29.1 Å². The van der Waals surface area contributed by atoms with E-state index >= 15 is 0 Å². The number of anilines is 2. The van der Waals surface area contributed by atoms with Crippen molar-refractivity contribution >= 4 is 35.4 Å². The van der Waals surface area contributed by atoms with Gasteiger partial charge in [0, 0.05) is 48.0 Å². The highest BCUT2D eigenvalue weighted by molar-refractivity contribution is 5.99. The molecule has 1 aromatic carbocycles. The van der Waals surface area contributed by atoms with Crippen LogP contribution in [0.5, 0.6) is 0 Å². The Morgan fingerprint density at radius 2 is 1.82 bits per heavy atom. The largest absolute Gasteiger partial charge is 0.334 e. The van der Waals surface area contributed by atoms with Gasteiger partial charge in [-0.1, -0.05) is 0 Å². The van der Waals surface area contributed by atoms with Crippen LogP contribution in [0.15, 0.2) is 78.7 Å². The number of aliphatic imine (C=N–C) groups is 1. The van der Waals surface area contributed by atoms with Crippen LogP contribution in [0, 0.1) is 6.92 Å². The monoisotopic (exact) mass is 534 g/mol. The van der Waals surface area contributed by atoms with E-state index in [9.17, 15) is 4.79 Å². The highest BCUT2D eigenvalue weighted by atomic mass is 16.2. The van der Waals surface area contributed by atoms with Gasteiger partial charge in [0.15, 0.2) is 17.3 Å². The zero-order chi connectivity index (χ0) is 27.9. The van der Waals surface area contributed by atoms with Crippen LogP contribution >= 0.6 is 0 Å². The number of nitrogens with one attached hydrogen (secondary N) is 4. The van der Waals surface area contributed by atoms with Gasteiger partial charge in [-0.05, 0) is 57.0 Å². The van der Waals surface area contributed by atoms with E-state index in [-0.39, 0.29) is 0 Å². The van der Waals surface area contributed by atoms with Gasteiger partial charge in [-0.25, -0.2) is 24.7 Å². The topological polar surface area (TPSA) is 167 Å². The number of hydrogen-bond donors (Lipinski definition) is 4. The smallest absolute Gasteiger partial charge is 0.324 e. The van der Waals surface area contributed by atoms with Crippen LogP contribution in [0.25, 0.3) is 39.6 Å². The number of aromatic nitrogens is 9. The van der Waals surface area contributed by atoms with Crippen molar-refractivity contribution < 1.29 is 4.79 Å². The second-order valence-corrected chi connectivity index (χ2v) is 8.50. The molecule has 6 rings (SSSR count). The van der Waals surface area contributed by atoms with E-state index in [1.165, 1.54) is 6.33 Å². The molecule has 0 aliphatic heterocycles. The minimum absolute atomic E-state index is 0.406. The van der Waals surface area contributed by atoms with Crippen molar-refractivity contribution in [3.63, 3.8) is 0 Å². The summed E-state index contributed by atoms with van der Waals surface area (Å²) < 4.78 is 1.83. The van der Waals surface area contributed by atoms with Crippen molar-refractivity contribution in [3.05, 3.63) is 79.4 Å². The Labute approximate surface area is 228 Å². The second-order valence-electron chi connectivity index (χ2n) is 8.50. The van der Waals surface area contributed by atoms with Gasteiger partial charge >= 0.3 is 6.03 Å². The van der Waals surface area contributed by atoms with Gasteiger partial charge in [0.05, 0.1) is 11.4 Å². The zero-order valence-corrected chi connectivity index (χ0v) is 21.8. The summed E-state index contributed by atoms with van der Waals surface area (Å²) in [6.07, 6.45) is 8.45. The summed E-state index contributed by atoms with van der Waals surface area (Å²) >= 11 is 0. The maximum Gasteiger partial charge on any atom is 0.324 e. The Morgan fingerprint density at radius 3 is 2.52 bits per heavy atom. The number of nitrogens with zero attached hydrogens (tertiary/aromatic N) is 8. The molecule has 6 aromatic rings. The number of imidazole rings is 2. The van der Waals surface area contributed by atoms with E-state index in [2.05, 4.69) is 62.4 Å². The Hall–Kier alpha value is -5.72. The number of fused-ring (bicyclic) bond motifs is 1. The highest BCUT2D eigenvalue weighted by Gasteiger charge is 2.13. The predicted octanol–water partition coefficient (Wildman–Crippen LogP) is 4.65. The first-order chi connectivity index (χ1) is 19.5. The van der Waals surface area contributed by atoms with E-state index in [4.69, 9.17) is 0 Å². The molecule has 4 N–H and O–H groups in total. The number of H-pyrrole nitrogens is 2. The molecular weight excluding hydrogens is 508 g/mol. The van der Waals surface area contributed by atoms with Crippen molar-refractivity contribution in [1.29, 1.82) is 0 Å². The summed E-state index contributed by atoms with van der Waals surface area (Å²) in [5, 5.41) is 12.6. The fourth-order valence-electron chi connectivity index (χ4n) is 3.74. The highest BCUT2D eigenvalue weighted by Crippen LogP contribution is 2.24. The molecule has 0 fully saturated rings. The number of hydrogen-bond acceptors (Lipinski definition) is 8. The average molecular weight is 535 g/mol. The van der Waals surface area contributed by atoms with E-state index in [1.54, 1.807) is 36.9 Å². The first-order valence-corrected chi connectivity index (χ1v) is 12.3. The number of aryl methyl sites for hydroxylation is 1. The van der Waals surface area contributed by atoms with Crippen LogP contribution in [0.4, 0.5) is 16.3 Å².